The van der Waals surface area contributed by atoms with E-state index in [9.17, 15) is 0 Å². The largest absolute Gasteiger partial charge is 0.303 e. The maximum Gasteiger partial charge on any atom is 0.0332 e. The van der Waals surface area contributed by atoms with Crippen molar-refractivity contribution in [2.45, 2.75) is 45.2 Å². The van der Waals surface area contributed by atoms with Crippen LogP contribution in [0.4, 0.5) is 0 Å². The van der Waals surface area contributed by atoms with Crippen molar-refractivity contribution in [3.8, 4) is 0 Å². The van der Waals surface area contributed by atoms with Crippen molar-refractivity contribution in [2.75, 3.05) is 0 Å². The number of hydrogen-bond donors (Lipinski definition) is 1. The summed E-state index contributed by atoms with van der Waals surface area (Å²) < 4.78 is 0. The predicted molar refractivity (Wildman–Crippen MR) is 35.9 cm³/mol. The molecule has 0 aromatic carbocycles. The van der Waals surface area contributed by atoms with Crippen molar-refractivity contribution in [1.82, 2.24) is 5.32 Å². The maximum absolute atomic E-state index is 3.43. The zero-order valence-electron chi connectivity index (χ0n) is 6.21. The van der Waals surface area contributed by atoms with E-state index in [2.05, 4.69) is 33.0 Å². The monoisotopic (exact) mass is 113 g/mol. The second-order valence-corrected chi connectivity index (χ2v) is 3.44. The molecule has 8 heavy (non-hydrogen) atoms. The van der Waals surface area contributed by atoms with Gasteiger partial charge in [-0.25, -0.2) is 0 Å². The summed E-state index contributed by atoms with van der Waals surface area (Å²) in [5.74, 6) is 0. The molecular weight excluding hydrogens is 98.1 g/mol. The van der Waals surface area contributed by atoms with Crippen LogP contribution in [0.2, 0.25) is 0 Å². The molecule has 0 amide bonds. The van der Waals surface area contributed by atoms with Crippen LogP contribution in [0.3, 0.4) is 0 Å². The minimum Gasteiger partial charge on any atom is -0.303 e. The Kier molecular flexibility index (Phi) is 0.965. The second-order valence-electron chi connectivity index (χ2n) is 3.44. The lowest BCUT2D eigenvalue weighted by Gasteiger charge is -2.05. The minimum atomic E-state index is 0.405. The van der Waals surface area contributed by atoms with Gasteiger partial charge in [0.2, 0.25) is 0 Å². The first-order valence-electron chi connectivity index (χ1n) is 3.31. The van der Waals surface area contributed by atoms with Crippen molar-refractivity contribution in [3.05, 3.63) is 0 Å². The molecule has 1 rings (SSSR count). The highest BCUT2D eigenvalue weighted by Crippen LogP contribution is 2.39. The number of hydrogen-bond acceptors (Lipinski definition) is 1. The number of nitrogens with one attached hydrogen (secondary N) is 1. The van der Waals surface area contributed by atoms with E-state index >= 15 is 0 Å². The van der Waals surface area contributed by atoms with E-state index in [1.165, 1.54) is 6.42 Å². The van der Waals surface area contributed by atoms with Gasteiger partial charge in [0.25, 0.3) is 0 Å². The molecule has 1 heterocycles. The van der Waals surface area contributed by atoms with Crippen LogP contribution in [-0.2, 0) is 0 Å². The normalized spacial score (nSPS) is 42.0. The zero-order valence-corrected chi connectivity index (χ0v) is 6.21. The lowest BCUT2D eigenvalue weighted by atomic mass is 9.96. The minimum absolute atomic E-state index is 0.405. The maximum atomic E-state index is 3.43. The average molecular weight is 113 g/mol. The molecule has 0 aromatic rings. The molecule has 1 N–H and O–H groups in total. The molecule has 0 bridgehead atoms. The molecule has 48 valence electrons. The lowest BCUT2D eigenvalue weighted by Crippen LogP contribution is -2.14. The van der Waals surface area contributed by atoms with Gasteiger partial charge in [-0.1, -0.05) is 6.92 Å². The Morgan fingerprint density at radius 2 is 1.62 bits per heavy atom. The van der Waals surface area contributed by atoms with Crippen molar-refractivity contribution in [3.63, 3.8) is 0 Å². The molecule has 1 nitrogen and oxygen atoms in total. The van der Waals surface area contributed by atoms with Gasteiger partial charge in [-0.2, -0.15) is 0 Å². The van der Waals surface area contributed by atoms with E-state index < -0.39 is 0 Å². The molecule has 1 fully saturated rings. The molecule has 1 aliphatic rings. The van der Waals surface area contributed by atoms with Crippen LogP contribution in [0.25, 0.3) is 0 Å². The average Bonchev–Trinajstić information content (AvgIpc) is 2.10. The van der Waals surface area contributed by atoms with Gasteiger partial charge in [0.15, 0.2) is 0 Å². The summed E-state index contributed by atoms with van der Waals surface area (Å²) in [6.45, 7) is 8.99. The summed E-state index contributed by atoms with van der Waals surface area (Å²) in [7, 11) is 0. The van der Waals surface area contributed by atoms with Crippen LogP contribution < -0.4 is 5.32 Å². The Hall–Kier alpha value is -0.0400. The Bertz CT molecular complexity index is 107. The highest BCUT2D eigenvalue weighted by atomic mass is 15.3. The van der Waals surface area contributed by atoms with E-state index in [4.69, 9.17) is 0 Å². The zero-order chi connectivity index (χ0) is 6.41. The lowest BCUT2D eigenvalue weighted by molar-refractivity contribution is 0.582. The molecule has 1 saturated heterocycles. The quantitative estimate of drug-likeness (QED) is 0.512. The smallest absolute Gasteiger partial charge is 0.0332 e. The molecule has 0 aromatic heterocycles. The van der Waals surface area contributed by atoms with Gasteiger partial charge in [0.05, 0.1) is 0 Å². The highest BCUT2D eigenvalue weighted by molar-refractivity contribution is 5.18. The Morgan fingerprint density at radius 1 is 1.25 bits per heavy atom. The van der Waals surface area contributed by atoms with Crippen LogP contribution in [0.1, 0.15) is 34.1 Å². The molecule has 1 heteroatoms. The van der Waals surface area contributed by atoms with Crippen molar-refractivity contribution < 1.29 is 0 Å². The van der Waals surface area contributed by atoms with E-state index in [1.54, 1.807) is 0 Å². The van der Waals surface area contributed by atoms with Crippen LogP contribution in [0.5, 0.6) is 0 Å². The van der Waals surface area contributed by atoms with Gasteiger partial charge >= 0.3 is 0 Å². The molecule has 0 spiro atoms. The van der Waals surface area contributed by atoms with Crippen LogP contribution in [0.15, 0.2) is 0 Å². The molecule has 0 aliphatic carbocycles. The van der Waals surface area contributed by atoms with Gasteiger partial charge in [-0.3, -0.25) is 0 Å². The van der Waals surface area contributed by atoms with Gasteiger partial charge in [-0.15, -0.1) is 0 Å². The van der Waals surface area contributed by atoms with Gasteiger partial charge in [0.1, 0.15) is 0 Å². The number of rotatable bonds is 1. The first-order chi connectivity index (χ1) is 3.52. The van der Waals surface area contributed by atoms with Crippen molar-refractivity contribution in [1.29, 1.82) is 0 Å². The second kappa shape index (κ2) is 1.27. The summed E-state index contributed by atoms with van der Waals surface area (Å²) in [5, 5.41) is 3.43. The fourth-order valence-corrected chi connectivity index (χ4v) is 1.19. The summed E-state index contributed by atoms with van der Waals surface area (Å²) in [5.41, 5.74) is 0.842. The third-order valence-electron chi connectivity index (χ3n) is 2.61. The molecule has 1 unspecified atom stereocenters. The first kappa shape index (κ1) is 6.09. The van der Waals surface area contributed by atoms with Gasteiger partial charge in [0, 0.05) is 11.1 Å². The third-order valence-corrected chi connectivity index (χ3v) is 2.61. The predicted octanol–water partition coefficient (Wildman–Crippen LogP) is 1.54. The molecule has 0 radical (unpaired) electrons. The van der Waals surface area contributed by atoms with Crippen LogP contribution in [0, 0.1) is 0 Å². The molecule has 0 saturated carbocycles. The molecule has 1 atom stereocenters. The first-order valence-corrected chi connectivity index (χ1v) is 3.31. The van der Waals surface area contributed by atoms with Gasteiger partial charge in [-0.05, 0) is 27.2 Å². The third kappa shape index (κ3) is 0.576. The highest BCUT2D eigenvalue weighted by Gasteiger charge is 2.55. The van der Waals surface area contributed by atoms with Crippen LogP contribution >= 0.6 is 0 Å². The topological polar surface area (TPSA) is 21.9 Å². The van der Waals surface area contributed by atoms with E-state index in [-0.39, 0.29) is 0 Å². The summed E-state index contributed by atoms with van der Waals surface area (Å²) in [6.07, 6.45) is 1.24. The van der Waals surface area contributed by atoms with E-state index in [0.717, 1.165) is 0 Å². The SMILES string of the molecule is CCC1(C)NC1(C)C. The Morgan fingerprint density at radius 3 is 1.62 bits per heavy atom. The summed E-state index contributed by atoms with van der Waals surface area (Å²) >= 11 is 0. The van der Waals surface area contributed by atoms with Crippen molar-refractivity contribution >= 4 is 0 Å². The standard InChI is InChI=1S/C7H15N/c1-5-7(4)6(2,3)8-7/h8H,5H2,1-4H3. The summed E-state index contributed by atoms with van der Waals surface area (Å²) in [6, 6.07) is 0. The van der Waals surface area contributed by atoms with E-state index in [1.807, 2.05) is 0 Å². The molecule has 1 aliphatic heterocycles. The fourth-order valence-electron chi connectivity index (χ4n) is 1.19. The molecular formula is C7H15N. The summed E-state index contributed by atoms with van der Waals surface area (Å²) in [4.78, 5) is 0. The Balaban J connectivity index is 2.55. The van der Waals surface area contributed by atoms with E-state index in [0.29, 0.717) is 11.1 Å². The van der Waals surface area contributed by atoms with Crippen molar-refractivity contribution in [2.24, 2.45) is 0 Å². The fraction of sp³-hybridized carbons (Fsp3) is 1.00. The van der Waals surface area contributed by atoms with Crippen LogP contribution in [-0.4, -0.2) is 11.1 Å². The van der Waals surface area contributed by atoms with Gasteiger partial charge < -0.3 is 5.32 Å². The Labute approximate surface area is 51.5 Å².